The van der Waals surface area contributed by atoms with Gasteiger partial charge in [0.15, 0.2) is 0 Å². The third-order valence-electron chi connectivity index (χ3n) is 5.30. The quantitative estimate of drug-likeness (QED) is 0.798. The summed E-state index contributed by atoms with van der Waals surface area (Å²) < 4.78 is 6.11. The summed E-state index contributed by atoms with van der Waals surface area (Å²) in [7, 11) is 0. The topological polar surface area (TPSA) is 41.6 Å². The van der Waals surface area contributed by atoms with Gasteiger partial charge >= 0.3 is 0 Å². The first-order valence-electron chi connectivity index (χ1n) is 10.2. The molecule has 4 nitrogen and oxygen atoms in total. The Morgan fingerprint density at radius 3 is 2.73 bits per heavy atom. The van der Waals surface area contributed by atoms with Crippen molar-refractivity contribution >= 4 is 5.91 Å². The summed E-state index contributed by atoms with van der Waals surface area (Å²) in [5, 5.41) is 3.06. The molecule has 26 heavy (non-hydrogen) atoms. The van der Waals surface area contributed by atoms with Crippen molar-refractivity contribution < 1.29 is 9.53 Å². The van der Waals surface area contributed by atoms with E-state index in [1.54, 1.807) is 0 Å². The van der Waals surface area contributed by atoms with Crippen LogP contribution in [0.5, 0.6) is 5.75 Å². The van der Waals surface area contributed by atoms with Gasteiger partial charge in [-0.25, -0.2) is 0 Å². The third-order valence-corrected chi connectivity index (χ3v) is 5.30. The number of piperidine rings is 1. The maximum Gasteiger partial charge on any atom is 0.255 e. The van der Waals surface area contributed by atoms with Gasteiger partial charge < -0.3 is 15.0 Å². The fourth-order valence-electron chi connectivity index (χ4n) is 3.46. The van der Waals surface area contributed by atoms with E-state index in [9.17, 15) is 4.79 Å². The van der Waals surface area contributed by atoms with Crippen LogP contribution in [0.15, 0.2) is 24.3 Å². The van der Waals surface area contributed by atoms with Gasteiger partial charge in [0, 0.05) is 18.5 Å². The minimum Gasteiger partial charge on any atom is -0.492 e. The molecule has 1 aromatic carbocycles. The Morgan fingerprint density at radius 2 is 2.00 bits per heavy atom. The Bertz CT molecular complexity index is 604. The predicted molar refractivity (Wildman–Crippen MR) is 106 cm³/mol. The lowest BCUT2D eigenvalue weighted by Gasteiger charge is -2.34. The van der Waals surface area contributed by atoms with Gasteiger partial charge in [0.1, 0.15) is 5.75 Å². The Hall–Kier alpha value is -1.55. The number of carbonyl (C=O) groups is 1. The van der Waals surface area contributed by atoms with E-state index in [-0.39, 0.29) is 5.91 Å². The van der Waals surface area contributed by atoms with E-state index < -0.39 is 0 Å². The van der Waals surface area contributed by atoms with Crippen LogP contribution in [-0.4, -0.2) is 43.1 Å². The van der Waals surface area contributed by atoms with Crippen molar-refractivity contribution in [3.05, 3.63) is 29.8 Å². The normalized spacial score (nSPS) is 21.4. The van der Waals surface area contributed by atoms with Crippen molar-refractivity contribution in [3.8, 4) is 5.75 Å². The predicted octanol–water partition coefficient (Wildman–Crippen LogP) is 4.11. The maximum absolute atomic E-state index is 12.4. The summed E-state index contributed by atoms with van der Waals surface area (Å²) in [5.41, 5.74) is 1.05. The molecular formula is C22H34N2O2. The lowest BCUT2D eigenvalue weighted by atomic mass is 9.91. The summed E-state index contributed by atoms with van der Waals surface area (Å²) in [6.45, 7) is 11.1. The smallest absolute Gasteiger partial charge is 0.255 e. The van der Waals surface area contributed by atoms with Crippen molar-refractivity contribution in [3.63, 3.8) is 0 Å². The van der Waals surface area contributed by atoms with Gasteiger partial charge in [0.2, 0.25) is 0 Å². The second kappa shape index (κ2) is 8.43. The van der Waals surface area contributed by atoms with E-state index in [2.05, 4.69) is 31.0 Å². The van der Waals surface area contributed by atoms with Crippen LogP contribution in [0, 0.1) is 11.3 Å². The third kappa shape index (κ3) is 6.01. The number of amides is 1. The van der Waals surface area contributed by atoms with E-state index >= 15 is 0 Å². The molecule has 2 fully saturated rings. The fraction of sp³-hybridized carbons (Fsp3) is 0.682. The van der Waals surface area contributed by atoms with Crippen LogP contribution in [0.4, 0.5) is 0 Å². The second-order valence-corrected chi connectivity index (χ2v) is 9.17. The lowest BCUT2D eigenvalue weighted by Crippen LogP contribution is -2.39. The first-order chi connectivity index (χ1) is 12.4. The van der Waals surface area contributed by atoms with E-state index in [1.807, 2.05) is 24.3 Å². The monoisotopic (exact) mass is 358 g/mol. The molecule has 0 bridgehead atoms. The maximum atomic E-state index is 12.4. The average molecular weight is 359 g/mol. The number of hydrogen-bond acceptors (Lipinski definition) is 3. The molecule has 1 atom stereocenters. The minimum atomic E-state index is -0.00134. The molecule has 4 heteroatoms. The van der Waals surface area contributed by atoms with Gasteiger partial charge in [-0.1, -0.05) is 32.9 Å². The van der Waals surface area contributed by atoms with Crippen LogP contribution in [0.3, 0.4) is 0 Å². The standard InChI is InChI=1S/C22H34N2O2/c1-22(2,3)12-14-24-13-6-7-17(15-24)16-26-20-9-5-4-8-19(20)21(25)23-18-10-11-18/h4-5,8-9,17-18H,6-7,10-16H2,1-3H3,(H,23,25). The number of rotatable bonds is 7. The molecule has 1 aromatic rings. The molecule has 1 unspecified atom stereocenters. The molecule has 3 rings (SSSR count). The van der Waals surface area contributed by atoms with Gasteiger partial charge in [-0.05, 0) is 62.7 Å². The average Bonchev–Trinajstić information content (AvgIpc) is 3.42. The molecule has 0 radical (unpaired) electrons. The molecular weight excluding hydrogens is 324 g/mol. The molecule has 1 aliphatic heterocycles. The minimum absolute atomic E-state index is 0.00134. The number of nitrogens with zero attached hydrogens (tertiary/aromatic N) is 1. The van der Waals surface area contributed by atoms with E-state index in [1.165, 1.54) is 32.4 Å². The van der Waals surface area contributed by atoms with Crippen LogP contribution in [0.2, 0.25) is 0 Å². The van der Waals surface area contributed by atoms with Crippen LogP contribution >= 0.6 is 0 Å². The first-order valence-corrected chi connectivity index (χ1v) is 10.2. The highest BCUT2D eigenvalue weighted by atomic mass is 16.5. The number of hydrogen-bond donors (Lipinski definition) is 1. The highest BCUT2D eigenvalue weighted by Gasteiger charge is 2.26. The number of likely N-dealkylation sites (tertiary alicyclic amines) is 1. The van der Waals surface area contributed by atoms with Crippen molar-refractivity contribution in [2.45, 2.75) is 58.9 Å². The molecule has 1 saturated heterocycles. The summed E-state index contributed by atoms with van der Waals surface area (Å²) in [5.74, 6) is 1.26. The zero-order valence-corrected chi connectivity index (χ0v) is 16.6. The molecule has 1 heterocycles. The molecule has 1 N–H and O–H groups in total. The Labute approximate surface area is 158 Å². The van der Waals surface area contributed by atoms with Gasteiger partial charge in [-0.15, -0.1) is 0 Å². The van der Waals surface area contributed by atoms with E-state index in [0.29, 0.717) is 29.5 Å². The molecule has 1 aliphatic carbocycles. The highest BCUT2D eigenvalue weighted by molar-refractivity contribution is 5.97. The molecule has 2 aliphatic rings. The number of benzene rings is 1. The summed E-state index contributed by atoms with van der Waals surface area (Å²) in [6, 6.07) is 8.00. The SMILES string of the molecule is CC(C)(C)CCN1CCCC(COc2ccccc2C(=O)NC2CC2)C1. The van der Waals surface area contributed by atoms with Gasteiger partial charge in [0.25, 0.3) is 5.91 Å². The van der Waals surface area contributed by atoms with Crippen molar-refractivity contribution in [1.29, 1.82) is 0 Å². The van der Waals surface area contributed by atoms with Crippen LogP contribution in [0.1, 0.15) is 63.2 Å². The zero-order valence-electron chi connectivity index (χ0n) is 16.6. The fourth-order valence-corrected chi connectivity index (χ4v) is 3.46. The van der Waals surface area contributed by atoms with Gasteiger partial charge in [-0.2, -0.15) is 0 Å². The van der Waals surface area contributed by atoms with Crippen LogP contribution < -0.4 is 10.1 Å². The molecule has 144 valence electrons. The van der Waals surface area contributed by atoms with Gasteiger partial charge in [-0.3, -0.25) is 4.79 Å². The van der Waals surface area contributed by atoms with E-state index in [4.69, 9.17) is 4.74 Å². The van der Waals surface area contributed by atoms with E-state index in [0.717, 1.165) is 25.1 Å². The van der Waals surface area contributed by atoms with Crippen LogP contribution in [0.25, 0.3) is 0 Å². The Kier molecular flexibility index (Phi) is 6.23. The number of ether oxygens (including phenoxy) is 1. The lowest BCUT2D eigenvalue weighted by molar-refractivity contribution is 0.0940. The largest absolute Gasteiger partial charge is 0.492 e. The Morgan fingerprint density at radius 1 is 1.23 bits per heavy atom. The van der Waals surface area contributed by atoms with Crippen molar-refractivity contribution in [1.82, 2.24) is 10.2 Å². The highest BCUT2D eigenvalue weighted by Crippen LogP contribution is 2.25. The molecule has 0 aromatic heterocycles. The first kappa shape index (κ1) is 19.2. The van der Waals surface area contributed by atoms with Crippen molar-refractivity contribution in [2.24, 2.45) is 11.3 Å². The van der Waals surface area contributed by atoms with Crippen LogP contribution in [-0.2, 0) is 0 Å². The van der Waals surface area contributed by atoms with Crippen molar-refractivity contribution in [2.75, 3.05) is 26.2 Å². The van der Waals surface area contributed by atoms with Gasteiger partial charge in [0.05, 0.1) is 12.2 Å². The summed E-state index contributed by atoms with van der Waals surface area (Å²) >= 11 is 0. The second-order valence-electron chi connectivity index (χ2n) is 9.17. The Balaban J connectivity index is 1.51. The molecule has 1 amide bonds. The summed E-state index contributed by atoms with van der Waals surface area (Å²) in [4.78, 5) is 15.0. The molecule has 1 saturated carbocycles. The molecule has 0 spiro atoms. The summed E-state index contributed by atoms with van der Waals surface area (Å²) in [6.07, 6.45) is 5.87. The zero-order chi connectivity index (χ0) is 18.6. The number of para-hydroxylation sites is 1. The number of carbonyl (C=O) groups excluding carboxylic acids is 1. The number of nitrogens with one attached hydrogen (secondary N) is 1.